The molecule has 0 bridgehead atoms. The molecule has 0 aliphatic carbocycles. The number of fused-ring (bicyclic) bond motifs is 1. The first-order chi connectivity index (χ1) is 14.6. The second kappa shape index (κ2) is 10.1. The van der Waals surface area contributed by atoms with Gasteiger partial charge in [-0.2, -0.15) is 0 Å². The molecular formula is C23H31N3O4. The first kappa shape index (κ1) is 21.6. The molecule has 0 saturated heterocycles. The highest BCUT2D eigenvalue weighted by Crippen LogP contribution is 2.33. The van der Waals surface area contributed by atoms with Gasteiger partial charge in [0.1, 0.15) is 0 Å². The minimum atomic E-state index is 0.605. The molecular weight excluding hydrogens is 382 g/mol. The van der Waals surface area contributed by atoms with Crippen LogP contribution in [0, 0.1) is 0 Å². The Morgan fingerprint density at radius 2 is 1.63 bits per heavy atom. The SMILES string of the molecule is CCOc1ccc(CNC(=NC)N2CCc3cc(OC)c(OC)cc3C2)cc1OC. The fourth-order valence-electron chi connectivity index (χ4n) is 3.67. The van der Waals surface area contributed by atoms with Crippen LogP contribution in [-0.2, 0) is 19.5 Å². The summed E-state index contributed by atoms with van der Waals surface area (Å²) < 4.78 is 22.0. The van der Waals surface area contributed by atoms with Crippen molar-refractivity contribution in [2.24, 2.45) is 4.99 Å². The van der Waals surface area contributed by atoms with Crippen molar-refractivity contribution in [2.75, 3.05) is 41.5 Å². The summed E-state index contributed by atoms with van der Waals surface area (Å²) in [6.07, 6.45) is 0.924. The quantitative estimate of drug-likeness (QED) is 0.555. The zero-order valence-corrected chi connectivity index (χ0v) is 18.4. The van der Waals surface area contributed by atoms with E-state index in [2.05, 4.69) is 27.3 Å². The fourth-order valence-corrected chi connectivity index (χ4v) is 3.67. The minimum Gasteiger partial charge on any atom is -0.493 e. The standard InChI is InChI=1S/C23H31N3O4/c1-6-30-19-8-7-16(11-20(19)27-3)14-25-23(24-2)26-10-9-17-12-21(28-4)22(29-5)13-18(17)15-26/h7-8,11-13H,6,9-10,14-15H2,1-5H3,(H,24,25). The molecule has 0 fully saturated rings. The molecule has 0 spiro atoms. The number of hydrogen-bond acceptors (Lipinski definition) is 5. The zero-order valence-electron chi connectivity index (χ0n) is 18.4. The lowest BCUT2D eigenvalue weighted by Crippen LogP contribution is -2.43. The van der Waals surface area contributed by atoms with Crippen LogP contribution in [0.1, 0.15) is 23.6 Å². The van der Waals surface area contributed by atoms with Crippen molar-refractivity contribution in [3.8, 4) is 23.0 Å². The van der Waals surface area contributed by atoms with Gasteiger partial charge in [-0.15, -0.1) is 0 Å². The second-order valence-electron chi connectivity index (χ2n) is 6.97. The Balaban J connectivity index is 1.69. The molecule has 1 N–H and O–H groups in total. The number of ether oxygens (including phenoxy) is 4. The van der Waals surface area contributed by atoms with E-state index in [1.807, 2.05) is 32.2 Å². The lowest BCUT2D eigenvalue weighted by atomic mass is 9.99. The largest absolute Gasteiger partial charge is 0.493 e. The molecule has 1 aliphatic heterocycles. The molecule has 0 atom stereocenters. The van der Waals surface area contributed by atoms with E-state index in [9.17, 15) is 0 Å². The Morgan fingerprint density at radius 1 is 0.967 bits per heavy atom. The van der Waals surface area contributed by atoms with Gasteiger partial charge in [0.05, 0.1) is 27.9 Å². The predicted octanol–water partition coefficient (Wildman–Crippen LogP) is 3.24. The smallest absolute Gasteiger partial charge is 0.194 e. The van der Waals surface area contributed by atoms with Crippen LogP contribution in [0.3, 0.4) is 0 Å². The van der Waals surface area contributed by atoms with E-state index in [0.29, 0.717) is 13.2 Å². The normalized spacial score (nSPS) is 13.5. The van der Waals surface area contributed by atoms with Gasteiger partial charge in [0.15, 0.2) is 29.0 Å². The third-order valence-electron chi connectivity index (χ3n) is 5.21. The average molecular weight is 414 g/mol. The Bertz CT molecular complexity index is 898. The van der Waals surface area contributed by atoms with Crippen molar-refractivity contribution in [1.82, 2.24) is 10.2 Å². The highest BCUT2D eigenvalue weighted by atomic mass is 16.5. The Kier molecular flexibility index (Phi) is 7.27. The molecule has 0 unspecified atom stereocenters. The molecule has 2 aromatic rings. The first-order valence-corrected chi connectivity index (χ1v) is 10.1. The number of benzene rings is 2. The summed E-state index contributed by atoms with van der Waals surface area (Å²) in [5, 5.41) is 3.46. The number of rotatable bonds is 7. The summed E-state index contributed by atoms with van der Waals surface area (Å²) in [7, 11) is 6.80. The van der Waals surface area contributed by atoms with Crippen LogP contribution in [0.2, 0.25) is 0 Å². The van der Waals surface area contributed by atoms with Crippen LogP contribution >= 0.6 is 0 Å². The highest BCUT2D eigenvalue weighted by molar-refractivity contribution is 5.80. The van der Waals surface area contributed by atoms with Crippen molar-refractivity contribution in [3.63, 3.8) is 0 Å². The van der Waals surface area contributed by atoms with Crippen molar-refractivity contribution >= 4 is 5.96 Å². The lowest BCUT2D eigenvalue weighted by Gasteiger charge is -2.32. The van der Waals surface area contributed by atoms with E-state index in [1.54, 1.807) is 21.3 Å². The van der Waals surface area contributed by atoms with Crippen molar-refractivity contribution < 1.29 is 18.9 Å². The van der Waals surface area contributed by atoms with Gasteiger partial charge in [0.2, 0.25) is 0 Å². The van der Waals surface area contributed by atoms with E-state index in [1.165, 1.54) is 11.1 Å². The molecule has 0 saturated carbocycles. The van der Waals surface area contributed by atoms with Gasteiger partial charge in [-0.05, 0) is 54.3 Å². The number of hydrogen-bond donors (Lipinski definition) is 1. The molecule has 1 heterocycles. The van der Waals surface area contributed by atoms with E-state index in [4.69, 9.17) is 18.9 Å². The molecule has 2 aromatic carbocycles. The number of nitrogens with zero attached hydrogens (tertiary/aromatic N) is 2. The Labute approximate surface area is 178 Å². The van der Waals surface area contributed by atoms with Crippen molar-refractivity contribution in [2.45, 2.75) is 26.4 Å². The molecule has 7 heteroatoms. The lowest BCUT2D eigenvalue weighted by molar-refractivity contribution is 0.310. The van der Waals surface area contributed by atoms with E-state index >= 15 is 0 Å². The molecule has 7 nitrogen and oxygen atoms in total. The van der Waals surface area contributed by atoms with Crippen molar-refractivity contribution in [3.05, 3.63) is 47.0 Å². The Morgan fingerprint density at radius 3 is 2.27 bits per heavy atom. The minimum absolute atomic E-state index is 0.605. The summed E-state index contributed by atoms with van der Waals surface area (Å²) in [4.78, 5) is 6.74. The number of guanidine groups is 1. The number of nitrogens with one attached hydrogen (secondary N) is 1. The third kappa shape index (κ3) is 4.72. The maximum absolute atomic E-state index is 5.60. The highest BCUT2D eigenvalue weighted by Gasteiger charge is 2.21. The monoisotopic (exact) mass is 413 g/mol. The summed E-state index contributed by atoms with van der Waals surface area (Å²) in [5.74, 6) is 3.88. The maximum Gasteiger partial charge on any atom is 0.194 e. The molecule has 0 aromatic heterocycles. The maximum atomic E-state index is 5.60. The van der Waals surface area contributed by atoms with Gasteiger partial charge in [0, 0.05) is 26.7 Å². The summed E-state index contributed by atoms with van der Waals surface area (Å²) >= 11 is 0. The van der Waals surface area contributed by atoms with Crippen LogP contribution in [0.4, 0.5) is 0 Å². The fraction of sp³-hybridized carbons (Fsp3) is 0.435. The number of methoxy groups -OCH3 is 3. The van der Waals surface area contributed by atoms with Crippen LogP contribution in [0.25, 0.3) is 0 Å². The van der Waals surface area contributed by atoms with Crippen LogP contribution in [-0.4, -0.2) is 52.4 Å². The number of aliphatic imine (C=N–C) groups is 1. The molecule has 3 rings (SSSR count). The topological polar surface area (TPSA) is 64.6 Å². The van der Waals surface area contributed by atoms with Crippen molar-refractivity contribution in [1.29, 1.82) is 0 Å². The van der Waals surface area contributed by atoms with Crippen LogP contribution < -0.4 is 24.3 Å². The van der Waals surface area contributed by atoms with Gasteiger partial charge in [-0.3, -0.25) is 4.99 Å². The van der Waals surface area contributed by atoms with Gasteiger partial charge in [-0.1, -0.05) is 6.07 Å². The summed E-state index contributed by atoms with van der Waals surface area (Å²) in [6.45, 7) is 4.86. The van der Waals surface area contributed by atoms with E-state index in [-0.39, 0.29) is 0 Å². The molecule has 30 heavy (non-hydrogen) atoms. The molecule has 1 aliphatic rings. The average Bonchev–Trinajstić information content (AvgIpc) is 2.79. The van der Waals surface area contributed by atoms with Crippen LogP contribution in [0.5, 0.6) is 23.0 Å². The zero-order chi connectivity index (χ0) is 21.5. The van der Waals surface area contributed by atoms with Gasteiger partial charge in [-0.25, -0.2) is 0 Å². The first-order valence-electron chi connectivity index (χ1n) is 10.1. The Hall–Kier alpha value is -3.09. The summed E-state index contributed by atoms with van der Waals surface area (Å²) in [5.41, 5.74) is 3.61. The third-order valence-corrected chi connectivity index (χ3v) is 5.21. The second-order valence-corrected chi connectivity index (χ2v) is 6.97. The summed E-state index contributed by atoms with van der Waals surface area (Å²) in [6, 6.07) is 10.1. The van der Waals surface area contributed by atoms with E-state index in [0.717, 1.165) is 54.0 Å². The van der Waals surface area contributed by atoms with Gasteiger partial charge < -0.3 is 29.2 Å². The van der Waals surface area contributed by atoms with Crippen LogP contribution in [0.15, 0.2) is 35.3 Å². The molecule has 0 amide bonds. The van der Waals surface area contributed by atoms with E-state index < -0.39 is 0 Å². The predicted molar refractivity (Wildman–Crippen MR) is 118 cm³/mol. The molecule has 0 radical (unpaired) electrons. The van der Waals surface area contributed by atoms with Gasteiger partial charge in [0.25, 0.3) is 0 Å². The van der Waals surface area contributed by atoms with Gasteiger partial charge >= 0.3 is 0 Å². The molecule has 162 valence electrons.